The molecule has 0 bridgehead atoms. The number of amides is 1. The Kier molecular flexibility index (Phi) is 4.27. The van der Waals surface area contributed by atoms with E-state index < -0.39 is 6.09 Å². The number of benzene rings is 1. The van der Waals surface area contributed by atoms with Gasteiger partial charge in [0.05, 0.1) is 23.9 Å². The largest absolute Gasteiger partial charge is 0.453 e. The van der Waals surface area contributed by atoms with Gasteiger partial charge in [0.15, 0.2) is 6.29 Å². The molecule has 1 saturated heterocycles. The molecule has 1 unspecified atom stereocenters. The maximum Gasteiger partial charge on any atom is 0.407 e. The number of hydrogen-bond acceptors (Lipinski definition) is 4. The molecule has 0 spiro atoms. The number of ether oxygens (including phenoxy) is 1. The number of hydrogen-bond donors (Lipinski definition) is 1. The zero-order valence-electron chi connectivity index (χ0n) is 10.6. The van der Waals surface area contributed by atoms with Crippen LogP contribution >= 0.6 is 11.6 Å². The van der Waals surface area contributed by atoms with Crippen molar-refractivity contribution < 1.29 is 14.3 Å². The fourth-order valence-electron chi connectivity index (χ4n) is 2.27. The summed E-state index contributed by atoms with van der Waals surface area (Å²) in [5, 5.41) is 3.30. The Hall–Kier alpha value is -1.75. The van der Waals surface area contributed by atoms with Gasteiger partial charge in [0.2, 0.25) is 0 Å². The van der Waals surface area contributed by atoms with E-state index in [1.807, 2.05) is 4.90 Å². The molecule has 6 heteroatoms. The summed E-state index contributed by atoms with van der Waals surface area (Å²) in [6.07, 6.45) is 1.14. The van der Waals surface area contributed by atoms with Crippen LogP contribution in [0.15, 0.2) is 18.2 Å². The van der Waals surface area contributed by atoms with Gasteiger partial charge in [-0.05, 0) is 18.6 Å². The van der Waals surface area contributed by atoms with E-state index in [4.69, 9.17) is 11.6 Å². The summed E-state index contributed by atoms with van der Waals surface area (Å²) in [5.74, 6) is 0. The second kappa shape index (κ2) is 5.93. The molecule has 102 valence electrons. The highest BCUT2D eigenvalue weighted by Gasteiger charge is 2.26. The minimum Gasteiger partial charge on any atom is -0.453 e. The zero-order chi connectivity index (χ0) is 13.8. The molecular formula is C13H15ClN2O3. The van der Waals surface area contributed by atoms with Crippen molar-refractivity contribution in [3.05, 3.63) is 28.8 Å². The fourth-order valence-corrected chi connectivity index (χ4v) is 2.57. The number of halogens is 1. The molecule has 0 aliphatic carbocycles. The van der Waals surface area contributed by atoms with Crippen LogP contribution in [0.5, 0.6) is 0 Å². The Morgan fingerprint density at radius 2 is 2.37 bits per heavy atom. The first kappa shape index (κ1) is 13.7. The maximum absolute atomic E-state index is 11.2. The number of nitrogens with zero attached hydrogens (tertiary/aromatic N) is 1. The molecule has 0 radical (unpaired) electrons. The number of anilines is 1. The van der Waals surface area contributed by atoms with Gasteiger partial charge < -0.3 is 15.0 Å². The molecule has 2 rings (SSSR count). The van der Waals surface area contributed by atoms with E-state index in [0.717, 1.165) is 24.9 Å². The molecular weight excluding hydrogens is 268 g/mol. The van der Waals surface area contributed by atoms with Crippen molar-refractivity contribution in [1.29, 1.82) is 0 Å². The zero-order valence-corrected chi connectivity index (χ0v) is 11.3. The predicted octanol–water partition coefficient (Wildman–Crippen LogP) is 2.09. The molecule has 1 atom stereocenters. The molecule has 1 aromatic rings. The monoisotopic (exact) mass is 282 g/mol. The molecule has 1 fully saturated rings. The van der Waals surface area contributed by atoms with Crippen LogP contribution in [0.2, 0.25) is 5.02 Å². The number of methoxy groups -OCH3 is 1. The molecule has 19 heavy (non-hydrogen) atoms. The van der Waals surface area contributed by atoms with Crippen molar-refractivity contribution in [1.82, 2.24) is 5.32 Å². The Labute approximate surface area is 116 Å². The van der Waals surface area contributed by atoms with E-state index in [0.29, 0.717) is 17.1 Å². The highest BCUT2D eigenvalue weighted by Crippen LogP contribution is 2.31. The van der Waals surface area contributed by atoms with Gasteiger partial charge in [0, 0.05) is 18.7 Å². The number of carbonyl (C=O) groups excluding carboxylic acids is 2. The SMILES string of the molecule is COC(=O)NC1CCN(c2c(Cl)cccc2C=O)C1. The number of aldehydes is 1. The third-order valence-corrected chi connectivity index (χ3v) is 3.46. The first-order valence-electron chi connectivity index (χ1n) is 5.99. The molecule has 0 aromatic heterocycles. The topological polar surface area (TPSA) is 58.6 Å². The third-order valence-electron chi connectivity index (χ3n) is 3.16. The van der Waals surface area contributed by atoms with Crippen molar-refractivity contribution in [2.45, 2.75) is 12.5 Å². The van der Waals surface area contributed by atoms with E-state index in [-0.39, 0.29) is 6.04 Å². The minimum absolute atomic E-state index is 0.00299. The normalized spacial score (nSPS) is 18.2. The van der Waals surface area contributed by atoms with E-state index in [1.54, 1.807) is 18.2 Å². The van der Waals surface area contributed by atoms with Crippen LogP contribution in [0, 0.1) is 0 Å². The van der Waals surface area contributed by atoms with Crippen LogP contribution in [0.4, 0.5) is 10.5 Å². The summed E-state index contributed by atoms with van der Waals surface area (Å²) in [7, 11) is 1.33. The number of rotatable bonds is 3. The van der Waals surface area contributed by atoms with E-state index in [9.17, 15) is 9.59 Å². The first-order valence-corrected chi connectivity index (χ1v) is 6.36. The van der Waals surface area contributed by atoms with Crippen LogP contribution < -0.4 is 10.2 Å². The van der Waals surface area contributed by atoms with Crippen LogP contribution in [0.1, 0.15) is 16.8 Å². The lowest BCUT2D eigenvalue weighted by Crippen LogP contribution is -2.37. The Bertz CT molecular complexity index is 493. The van der Waals surface area contributed by atoms with Crippen molar-refractivity contribution in [2.24, 2.45) is 0 Å². The molecule has 5 nitrogen and oxygen atoms in total. The van der Waals surface area contributed by atoms with E-state index in [2.05, 4.69) is 10.1 Å². The average Bonchev–Trinajstić information content (AvgIpc) is 2.86. The summed E-state index contributed by atoms with van der Waals surface area (Å²) in [6.45, 7) is 1.35. The van der Waals surface area contributed by atoms with Crippen molar-refractivity contribution in [2.75, 3.05) is 25.1 Å². The second-order valence-electron chi connectivity index (χ2n) is 4.36. The summed E-state index contributed by atoms with van der Waals surface area (Å²) in [6, 6.07) is 5.24. The summed E-state index contributed by atoms with van der Waals surface area (Å²) in [4.78, 5) is 24.2. The van der Waals surface area contributed by atoms with Gasteiger partial charge in [0.25, 0.3) is 0 Å². The van der Waals surface area contributed by atoms with Crippen molar-refractivity contribution in [3.63, 3.8) is 0 Å². The van der Waals surface area contributed by atoms with Gasteiger partial charge in [-0.15, -0.1) is 0 Å². The third kappa shape index (κ3) is 2.98. The van der Waals surface area contributed by atoms with Crippen LogP contribution in [0.3, 0.4) is 0 Å². The van der Waals surface area contributed by atoms with Gasteiger partial charge in [-0.25, -0.2) is 4.79 Å². The number of para-hydroxylation sites is 1. The molecule has 1 aromatic carbocycles. The van der Waals surface area contributed by atoms with E-state index in [1.165, 1.54) is 7.11 Å². The van der Waals surface area contributed by atoms with E-state index >= 15 is 0 Å². The highest BCUT2D eigenvalue weighted by molar-refractivity contribution is 6.33. The van der Waals surface area contributed by atoms with Gasteiger partial charge >= 0.3 is 6.09 Å². The fraction of sp³-hybridized carbons (Fsp3) is 0.385. The Morgan fingerprint density at radius 3 is 3.05 bits per heavy atom. The highest BCUT2D eigenvalue weighted by atomic mass is 35.5. The minimum atomic E-state index is -0.443. The van der Waals surface area contributed by atoms with Gasteiger partial charge in [-0.3, -0.25) is 4.79 Å². The van der Waals surface area contributed by atoms with Crippen LogP contribution in [-0.2, 0) is 4.74 Å². The van der Waals surface area contributed by atoms with Gasteiger partial charge in [-0.2, -0.15) is 0 Å². The lowest BCUT2D eigenvalue weighted by atomic mass is 10.2. The smallest absolute Gasteiger partial charge is 0.407 e. The quantitative estimate of drug-likeness (QED) is 0.863. The molecule has 1 aliphatic heterocycles. The second-order valence-corrected chi connectivity index (χ2v) is 4.77. The van der Waals surface area contributed by atoms with Crippen molar-refractivity contribution >= 4 is 29.7 Å². The summed E-state index contributed by atoms with van der Waals surface area (Å²) in [5.41, 5.74) is 1.29. The van der Waals surface area contributed by atoms with Crippen LogP contribution in [0.25, 0.3) is 0 Å². The lowest BCUT2D eigenvalue weighted by molar-refractivity contribution is 0.112. The molecule has 1 heterocycles. The summed E-state index contributed by atoms with van der Waals surface area (Å²) >= 11 is 6.16. The molecule has 0 saturated carbocycles. The predicted molar refractivity (Wildman–Crippen MR) is 73.0 cm³/mol. The standard InChI is InChI=1S/C13H15ClN2O3/c1-19-13(18)15-10-5-6-16(7-10)12-9(8-17)3-2-4-11(12)14/h2-4,8,10H,5-7H2,1H3,(H,15,18). The molecule has 1 aliphatic rings. The number of alkyl carbamates (subject to hydrolysis) is 1. The molecule has 1 N–H and O–H groups in total. The number of carbonyl (C=O) groups is 2. The summed E-state index contributed by atoms with van der Waals surface area (Å²) < 4.78 is 4.57. The van der Waals surface area contributed by atoms with Gasteiger partial charge in [0.1, 0.15) is 0 Å². The number of nitrogens with one attached hydrogen (secondary N) is 1. The maximum atomic E-state index is 11.2. The van der Waals surface area contributed by atoms with Gasteiger partial charge in [-0.1, -0.05) is 17.7 Å². The van der Waals surface area contributed by atoms with Crippen LogP contribution in [-0.4, -0.2) is 38.6 Å². The Balaban J connectivity index is 2.13. The Morgan fingerprint density at radius 1 is 1.58 bits per heavy atom. The van der Waals surface area contributed by atoms with Crippen molar-refractivity contribution in [3.8, 4) is 0 Å². The molecule has 1 amide bonds. The lowest BCUT2D eigenvalue weighted by Gasteiger charge is -2.21. The first-order chi connectivity index (χ1) is 9.15. The average molecular weight is 283 g/mol.